The Balaban J connectivity index is 1.47. The third-order valence-corrected chi connectivity index (χ3v) is 5.18. The predicted molar refractivity (Wildman–Crippen MR) is 106 cm³/mol. The fourth-order valence-electron chi connectivity index (χ4n) is 3.79. The van der Waals surface area contributed by atoms with E-state index in [4.69, 9.17) is 14.5 Å². The number of para-hydroxylation sites is 1. The van der Waals surface area contributed by atoms with Crippen LogP contribution < -0.4 is 20.1 Å². The Bertz CT molecular complexity index is 970. The van der Waals surface area contributed by atoms with Crippen molar-refractivity contribution in [2.45, 2.75) is 38.1 Å². The molecule has 1 aliphatic heterocycles. The van der Waals surface area contributed by atoms with Crippen molar-refractivity contribution >= 4 is 28.4 Å². The summed E-state index contributed by atoms with van der Waals surface area (Å²) in [5, 5.41) is 8.02. The van der Waals surface area contributed by atoms with Gasteiger partial charge in [-0.15, -0.1) is 0 Å². The molecule has 0 amide bonds. The van der Waals surface area contributed by atoms with Crippen LogP contribution in [0.1, 0.15) is 32.1 Å². The van der Waals surface area contributed by atoms with E-state index in [1.165, 1.54) is 32.1 Å². The minimum absolute atomic E-state index is 0.265. The molecule has 138 valence electrons. The minimum Gasteiger partial charge on any atom is -0.454 e. The molecular weight excluding hydrogens is 340 g/mol. The fraction of sp³-hybridized carbons (Fsp3) is 0.333. The molecule has 1 aromatic heterocycles. The summed E-state index contributed by atoms with van der Waals surface area (Å²) in [4.78, 5) is 9.46. The molecule has 27 heavy (non-hydrogen) atoms. The highest BCUT2D eigenvalue weighted by Gasteiger charge is 2.17. The van der Waals surface area contributed by atoms with Crippen LogP contribution in [0.2, 0.25) is 0 Å². The molecule has 6 nitrogen and oxygen atoms in total. The van der Waals surface area contributed by atoms with Crippen molar-refractivity contribution in [3.05, 3.63) is 42.5 Å². The molecule has 3 aromatic rings. The number of rotatable bonds is 4. The van der Waals surface area contributed by atoms with E-state index in [9.17, 15) is 0 Å². The van der Waals surface area contributed by atoms with Gasteiger partial charge >= 0.3 is 0 Å². The molecule has 1 aliphatic carbocycles. The third-order valence-electron chi connectivity index (χ3n) is 5.18. The number of hydrogen-bond donors (Lipinski definition) is 2. The van der Waals surface area contributed by atoms with Crippen LogP contribution >= 0.6 is 0 Å². The summed E-state index contributed by atoms with van der Waals surface area (Å²) in [6, 6.07) is 14.4. The van der Waals surface area contributed by atoms with Crippen LogP contribution in [-0.2, 0) is 0 Å². The Morgan fingerprint density at radius 2 is 1.74 bits per heavy atom. The molecule has 0 radical (unpaired) electrons. The van der Waals surface area contributed by atoms with Gasteiger partial charge in [-0.3, -0.25) is 0 Å². The SMILES string of the molecule is c1ccc2c(NC3CCCCC3)nc(Nc3ccc4c(c3)OCO4)nc2c1. The molecule has 6 heteroatoms. The van der Waals surface area contributed by atoms with Crippen LogP contribution in [0.25, 0.3) is 10.9 Å². The fourth-order valence-corrected chi connectivity index (χ4v) is 3.79. The summed E-state index contributed by atoms with van der Waals surface area (Å²) in [5.74, 6) is 2.97. The van der Waals surface area contributed by atoms with Crippen molar-refractivity contribution in [2.75, 3.05) is 17.4 Å². The average molecular weight is 362 g/mol. The summed E-state index contributed by atoms with van der Waals surface area (Å²) in [6.07, 6.45) is 6.29. The van der Waals surface area contributed by atoms with E-state index in [2.05, 4.69) is 21.7 Å². The lowest BCUT2D eigenvalue weighted by Crippen LogP contribution is -2.23. The van der Waals surface area contributed by atoms with Crippen LogP contribution in [0.5, 0.6) is 11.5 Å². The molecule has 0 bridgehead atoms. The molecule has 0 atom stereocenters. The van der Waals surface area contributed by atoms with Gasteiger partial charge in [0.25, 0.3) is 0 Å². The molecule has 5 rings (SSSR count). The van der Waals surface area contributed by atoms with Crippen molar-refractivity contribution in [1.82, 2.24) is 9.97 Å². The maximum atomic E-state index is 5.46. The monoisotopic (exact) mass is 362 g/mol. The maximum Gasteiger partial charge on any atom is 0.231 e. The lowest BCUT2D eigenvalue weighted by Gasteiger charge is -2.24. The Kier molecular flexibility index (Phi) is 4.16. The number of hydrogen-bond acceptors (Lipinski definition) is 6. The Hall–Kier alpha value is -3.02. The van der Waals surface area contributed by atoms with E-state index in [1.54, 1.807) is 0 Å². The average Bonchev–Trinajstić information content (AvgIpc) is 3.17. The van der Waals surface area contributed by atoms with Crippen molar-refractivity contribution in [1.29, 1.82) is 0 Å². The van der Waals surface area contributed by atoms with E-state index in [0.29, 0.717) is 12.0 Å². The second-order valence-corrected chi connectivity index (χ2v) is 7.09. The van der Waals surface area contributed by atoms with Crippen molar-refractivity contribution in [3.8, 4) is 11.5 Å². The zero-order valence-electron chi connectivity index (χ0n) is 15.1. The lowest BCUT2D eigenvalue weighted by molar-refractivity contribution is 0.174. The van der Waals surface area contributed by atoms with E-state index in [-0.39, 0.29) is 6.79 Å². The molecule has 2 heterocycles. The van der Waals surface area contributed by atoms with Crippen molar-refractivity contribution in [2.24, 2.45) is 0 Å². The smallest absolute Gasteiger partial charge is 0.231 e. The first kappa shape index (κ1) is 16.2. The Morgan fingerprint density at radius 3 is 2.67 bits per heavy atom. The molecule has 0 saturated heterocycles. The first-order chi connectivity index (χ1) is 13.3. The number of aromatic nitrogens is 2. The second-order valence-electron chi connectivity index (χ2n) is 7.09. The van der Waals surface area contributed by atoms with Crippen LogP contribution in [0, 0.1) is 0 Å². The topological polar surface area (TPSA) is 68.3 Å². The highest BCUT2D eigenvalue weighted by atomic mass is 16.7. The minimum atomic E-state index is 0.265. The summed E-state index contributed by atoms with van der Waals surface area (Å²) >= 11 is 0. The van der Waals surface area contributed by atoms with Gasteiger partial charge in [0.15, 0.2) is 11.5 Å². The van der Waals surface area contributed by atoms with E-state index in [0.717, 1.165) is 33.9 Å². The number of nitrogens with zero attached hydrogens (tertiary/aromatic N) is 2. The molecule has 1 fully saturated rings. The zero-order valence-corrected chi connectivity index (χ0v) is 15.1. The van der Waals surface area contributed by atoms with Crippen LogP contribution in [-0.4, -0.2) is 22.8 Å². The second kappa shape index (κ2) is 6.95. The van der Waals surface area contributed by atoms with Crippen LogP contribution in [0.15, 0.2) is 42.5 Å². The van der Waals surface area contributed by atoms with E-state index in [1.807, 2.05) is 36.4 Å². The zero-order chi connectivity index (χ0) is 18.1. The first-order valence-electron chi connectivity index (χ1n) is 9.55. The number of benzene rings is 2. The Morgan fingerprint density at radius 1 is 0.889 bits per heavy atom. The third kappa shape index (κ3) is 3.35. The van der Waals surface area contributed by atoms with Gasteiger partial charge in [0.2, 0.25) is 12.7 Å². The molecule has 2 aromatic carbocycles. The van der Waals surface area contributed by atoms with Gasteiger partial charge < -0.3 is 20.1 Å². The summed E-state index contributed by atoms with van der Waals surface area (Å²) in [6.45, 7) is 0.265. The van der Waals surface area contributed by atoms with Gasteiger partial charge in [-0.05, 0) is 37.1 Å². The Labute approximate surface area is 157 Å². The summed E-state index contributed by atoms with van der Waals surface area (Å²) < 4.78 is 10.8. The van der Waals surface area contributed by atoms with Gasteiger partial charge in [0.1, 0.15) is 5.82 Å². The van der Waals surface area contributed by atoms with Gasteiger partial charge in [-0.2, -0.15) is 4.98 Å². The quantitative estimate of drug-likeness (QED) is 0.692. The number of ether oxygens (including phenoxy) is 2. The maximum absolute atomic E-state index is 5.46. The van der Waals surface area contributed by atoms with Crippen LogP contribution in [0.4, 0.5) is 17.5 Å². The van der Waals surface area contributed by atoms with Gasteiger partial charge in [-0.1, -0.05) is 31.4 Å². The first-order valence-corrected chi connectivity index (χ1v) is 9.55. The van der Waals surface area contributed by atoms with E-state index < -0.39 is 0 Å². The molecule has 2 N–H and O–H groups in total. The molecule has 0 spiro atoms. The highest BCUT2D eigenvalue weighted by molar-refractivity contribution is 5.90. The summed E-state index contributed by atoms with van der Waals surface area (Å²) in [5.41, 5.74) is 1.80. The predicted octanol–water partition coefficient (Wildman–Crippen LogP) is 4.85. The van der Waals surface area contributed by atoms with Crippen LogP contribution in [0.3, 0.4) is 0 Å². The lowest BCUT2D eigenvalue weighted by atomic mass is 9.95. The molecule has 2 aliphatic rings. The summed E-state index contributed by atoms with van der Waals surface area (Å²) in [7, 11) is 0. The standard InChI is InChI=1S/C21H22N4O2/c1-2-6-14(7-3-1)22-20-16-8-4-5-9-17(16)24-21(25-20)23-15-10-11-18-19(12-15)27-13-26-18/h4-5,8-12,14H,1-3,6-7,13H2,(H2,22,23,24,25). The number of fused-ring (bicyclic) bond motifs is 2. The van der Waals surface area contributed by atoms with E-state index >= 15 is 0 Å². The molecular formula is C21H22N4O2. The number of nitrogens with one attached hydrogen (secondary N) is 2. The van der Waals surface area contributed by atoms with Gasteiger partial charge in [-0.25, -0.2) is 4.98 Å². The van der Waals surface area contributed by atoms with Crippen molar-refractivity contribution in [3.63, 3.8) is 0 Å². The molecule has 0 unspecified atom stereocenters. The normalized spacial score (nSPS) is 16.4. The highest BCUT2D eigenvalue weighted by Crippen LogP contribution is 2.35. The molecule has 1 saturated carbocycles. The van der Waals surface area contributed by atoms with Gasteiger partial charge in [0, 0.05) is 23.2 Å². The van der Waals surface area contributed by atoms with Crippen molar-refractivity contribution < 1.29 is 9.47 Å². The largest absolute Gasteiger partial charge is 0.454 e. The van der Waals surface area contributed by atoms with Gasteiger partial charge in [0.05, 0.1) is 5.52 Å². The number of anilines is 3.